The van der Waals surface area contributed by atoms with Gasteiger partial charge in [0.2, 0.25) is 5.91 Å². The summed E-state index contributed by atoms with van der Waals surface area (Å²) < 4.78 is 1.50. The van der Waals surface area contributed by atoms with Gasteiger partial charge in [-0.2, -0.15) is 0 Å². The van der Waals surface area contributed by atoms with Crippen LogP contribution in [0.3, 0.4) is 0 Å². The van der Waals surface area contributed by atoms with Crippen molar-refractivity contribution in [1.82, 2.24) is 35.0 Å². The van der Waals surface area contributed by atoms with E-state index in [0.717, 1.165) is 39.1 Å². The summed E-state index contributed by atoms with van der Waals surface area (Å²) in [6, 6.07) is 4.13. The van der Waals surface area contributed by atoms with Crippen LogP contribution in [0.2, 0.25) is 0 Å². The van der Waals surface area contributed by atoms with Gasteiger partial charge in [0.05, 0.1) is 0 Å². The van der Waals surface area contributed by atoms with Crippen LogP contribution in [0.15, 0.2) is 30.9 Å². The van der Waals surface area contributed by atoms with E-state index in [-0.39, 0.29) is 17.9 Å². The van der Waals surface area contributed by atoms with Gasteiger partial charge < -0.3 is 4.90 Å². The number of pyridine rings is 1. The first-order valence-electron chi connectivity index (χ1n) is 9.32. The summed E-state index contributed by atoms with van der Waals surface area (Å²) in [6.07, 6.45) is 9.92. The van der Waals surface area contributed by atoms with Gasteiger partial charge in [-0.05, 0) is 54.3 Å². The first-order chi connectivity index (χ1) is 12.7. The summed E-state index contributed by atoms with van der Waals surface area (Å²) in [6.45, 7) is 5.02. The van der Waals surface area contributed by atoms with E-state index in [1.807, 2.05) is 23.4 Å². The summed E-state index contributed by atoms with van der Waals surface area (Å²) in [4.78, 5) is 21.4. The summed E-state index contributed by atoms with van der Waals surface area (Å²) >= 11 is 0. The number of hydrogen-bond acceptors (Lipinski definition) is 6. The topological polar surface area (TPSA) is 80.0 Å². The van der Waals surface area contributed by atoms with Crippen LogP contribution in [0.25, 0.3) is 0 Å². The Morgan fingerprint density at radius 2 is 2.08 bits per heavy atom. The first kappa shape index (κ1) is 17.1. The maximum atomic E-state index is 12.7. The van der Waals surface area contributed by atoms with Crippen LogP contribution in [0.4, 0.5) is 0 Å². The van der Waals surface area contributed by atoms with Crippen LogP contribution < -0.4 is 0 Å². The summed E-state index contributed by atoms with van der Waals surface area (Å²) in [5.74, 6) is 0.112. The Labute approximate surface area is 153 Å². The number of carbonyl (C=O) groups is 1. The Morgan fingerprint density at radius 1 is 1.19 bits per heavy atom. The Kier molecular flexibility index (Phi) is 4.92. The van der Waals surface area contributed by atoms with Crippen molar-refractivity contribution in [3.8, 4) is 0 Å². The molecule has 2 aromatic heterocycles. The molecule has 0 bridgehead atoms. The molecule has 2 aliphatic rings. The maximum absolute atomic E-state index is 12.7. The van der Waals surface area contributed by atoms with Crippen molar-refractivity contribution in [2.45, 2.75) is 38.8 Å². The number of amides is 1. The number of aromatic nitrogens is 5. The first-order valence-corrected chi connectivity index (χ1v) is 9.32. The van der Waals surface area contributed by atoms with Gasteiger partial charge in [0.1, 0.15) is 12.9 Å². The second-order valence-electron chi connectivity index (χ2n) is 7.60. The van der Waals surface area contributed by atoms with E-state index in [4.69, 9.17) is 0 Å². The molecule has 0 aromatic carbocycles. The Hall–Kier alpha value is -2.35. The molecule has 1 atom stereocenters. The largest absolute Gasteiger partial charge is 0.340 e. The van der Waals surface area contributed by atoms with Crippen molar-refractivity contribution < 1.29 is 4.79 Å². The zero-order chi connectivity index (χ0) is 17.8. The minimum Gasteiger partial charge on any atom is -0.340 e. The van der Waals surface area contributed by atoms with Gasteiger partial charge in [-0.3, -0.25) is 14.7 Å². The van der Waals surface area contributed by atoms with E-state index < -0.39 is 0 Å². The molecule has 4 rings (SSSR count). The molecule has 138 valence electrons. The molecule has 1 amide bonds. The van der Waals surface area contributed by atoms with Crippen LogP contribution in [-0.2, 0) is 17.9 Å². The molecule has 2 fully saturated rings. The fourth-order valence-corrected chi connectivity index (χ4v) is 4.44. The molecule has 0 aliphatic carbocycles. The smallest absolute Gasteiger partial charge is 0.244 e. The van der Waals surface area contributed by atoms with Crippen molar-refractivity contribution in [1.29, 1.82) is 0 Å². The van der Waals surface area contributed by atoms with Gasteiger partial charge in [0.25, 0.3) is 0 Å². The fraction of sp³-hybridized carbons (Fsp3) is 0.611. The minimum atomic E-state index is 0.112. The van der Waals surface area contributed by atoms with Gasteiger partial charge in [0.15, 0.2) is 0 Å². The third-order valence-corrected chi connectivity index (χ3v) is 5.57. The average Bonchev–Trinajstić information content (AvgIpc) is 3.16. The monoisotopic (exact) mass is 355 g/mol. The molecule has 8 nitrogen and oxygen atoms in total. The van der Waals surface area contributed by atoms with Crippen LogP contribution in [0, 0.1) is 5.41 Å². The highest BCUT2D eigenvalue weighted by molar-refractivity contribution is 5.76. The summed E-state index contributed by atoms with van der Waals surface area (Å²) in [5.41, 5.74) is 1.47. The second kappa shape index (κ2) is 7.49. The second-order valence-corrected chi connectivity index (χ2v) is 7.60. The minimum absolute atomic E-state index is 0.112. The third-order valence-electron chi connectivity index (χ3n) is 5.57. The molecule has 1 unspecified atom stereocenters. The number of hydrogen-bond donors (Lipinski definition) is 0. The number of likely N-dealkylation sites (tertiary alicyclic amines) is 2. The number of piperidine rings is 2. The standard InChI is InChI=1S/C18H25N7O/c26-17(12-25-15-20-21-22-25)24-9-3-6-18(14-24)5-2-8-23(13-18)11-16-4-1-7-19-10-16/h1,4,7,10,15H,2-3,5-6,8-9,11-14H2. The molecule has 8 heteroatoms. The van der Waals surface area contributed by atoms with Gasteiger partial charge in [-0.1, -0.05) is 6.07 Å². The molecule has 0 radical (unpaired) electrons. The zero-order valence-electron chi connectivity index (χ0n) is 15.0. The van der Waals surface area contributed by atoms with Crippen LogP contribution in [0.1, 0.15) is 31.2 Å². The predicted molar refractivity (Wildman–Crippen MR) is 94.8 cm³/mol. The average molecular weight is 355 g/mol. The zero-order valence-corrected chi connectivity index (χ0v) is 15.0. The lowest BCUT2D eigenvalue weighted by atomic mass is 9.73. The Balaban J connectivity index is 1.39. The molecule has 4 heterocycles. The van der Waals surface area contributed by atoms with Crippen LogP contribution in [-0.4, -0.2) is 67.1 Å². The van der Waals surface area contributed by atoms with E-state index in [0.29, 0.717) is 0 Å². The normalized spacial score (nSPS) is 24.1. The van der Waals surface area contributed by atoms with Crippen molar-refractivity contribution in [3.05, 3.63) is 36.4 Å². The molecule has 0 saturated carbocycles. The highest BCUT2D eigenvalue weighted by Gasteiger charge is 2.40. The number of tetrazole rings is 1. The van der Waals surface area contributed by atoms with Crippen molar-refractivity contribution >= 4 is 5.91 Å². The molecular weight excluding hydrogens is 330 g/mol. The molecule has 2 aliphatic heterocycles. The van der Waals surface area contributed by atoms with Crippen molar-refractivity contribution in [2.75, 3.05) is 26.2 Å². The predicted octanol–water partition coefficient (Wildman–Crippen LogP) is 0.973. The van der Waals surface area contributed by atoms with Gasteiger partial charge in [0, 0.05) is 44.0 Å². The van der Waals surface area contributed by atoms with Gasteiger partial charge in [-0.25, -0.2) is 4.68 Å². The molecule has 26 heavy (non-hydrogen) atoms. The molecule has 2 aromatic rings. The summed E-state index contributed by atoms with van der Waals surface area (Å²) in [7, 11) is 0. The maximum Gasteiger partial charge on any atom is 0.244 e. The van der Waals surface area contributed by atoms with E-state index in [9.17, 15) is 4.79 Å². The molecule has 0 N–H and O–H groups in total. The summed E-state index contributed by atoms with van der Waals surface area (Å²) in [5, 5.41) is 11.0. The molecule has 2 saturated heterocycles. The van der Waals surface area contributed by atoms with Crippen molar-refractivity contribution in [3.63, 3.8) is 0 Å². The molecular formula is C18H25N7O. The van der Waals surface area contributed by atoms with Crippen LogP contribution in [0.5, 0.6) is 0 Å². The Morgan fingerprint density at radius 3 is 2.85 bits per heavy atom. The lowest BCUT2D eigenvalue weighted by Crippen LogP contribution is -2.53. The van der Waals surface area contributed by atoms with Crippen LogP contribution >= 0.6 is 0 Å². The van der Waals surface area contributed by atoms with E-state index >= 15 is 0 Å². The van der Waals surface area contributed by atoms with Crippen molar-refractivity contribution in [2.24, 2.45) is 5.41 Å². The lowest BCUT2D eigenvalue weighted by Gasteiger charge is -2.48. The van der Waals surface area contributed by atoms with Gasteiger partial charge in [-0.15, -0.1) is 5.10 Å². The lowest BCUT2D eigenvalue weighted by molar-refractivity contribution is -0.136. The highest BCUT2D eigenvalue weighted by Crippen LogP contribution is 2.38. The van der Waals surface area contributed by atoms with Gasteiger partial charge >= 0.3 is 0 Å². The van der Waals surface area contributed by atoms with E-state index in [1.165, 1.54) is 35.8 Å². The highest BCUT2D eigenvalue weighted by atomic mass is 16.2. The Bertz CT molecular complexity index is 716. The fourth-order valence-electron chi connectivity index (χ4n) is 4.44. The molecule has 1 spiro atoms. The van der Waals surface area contributed by atoms with E-state index in [2.05, 4.69) is 31.5 Å². The number of carbonyl (C=O) groups excluding carboxylic acids is 1. The quantitative estimate of drug-likeness (QED) is 0.813. The van der Waals surface area contributed by atoms with E-state index in [1.54, 1.807) is 0 Å². The number of rotatable bonds is 4. The SMILES string of the molecule is O=C(Cn1cnnn1)N1CCCC2(CCCN(Cc3cccnc3)C2)C1. The third kappa shape index (κ3) is 3.90. The number of nitrogens with zero attached hydrogens (tertiary/aromatic N) is 7.